The van der Waals surface area contributed by atoms with Crippen LogP contribution >= 0.6 is 0 Å². The average molecular weight is 1050 g/mol. The zero-order valence-corrected chi connectivity index (χ0v) is 34.4. The normalized spacial score (nSPS) is 15.2. The van der Waals surface area contributed by atoms with Crippen molar-refractivity contribution in [3.63, 3.8) is 0 Å². The highest BCUT2D eigenvalue weighted by Crippen LogP contribution is 2.68. The second kappa shape index (κ2) is 27.0. The van der Waals surface area contributed by atoms with Gasteiger partial charge >= 0.3 is 65.4 Å². The summed E-state index contributed by atoms with van der Waals surface area (Å²) in [5.74, 6) is -71.4. The largest absolute Gasteiger partial charge is 0.438 e. The summed E-state index contributed by atoms with van der Waals surface area (Å²) in [5, 5.41) is 9.47. The Kier molecular flexibility index (Phi) is 26.1. The van der Waals surface area contributed by atoms with Crippen molar-refractivity contribution in [2.24, 2.45) is 0 Å². The van der Waals surface area contributed by atoms with Crippen LogP contribution in [-0.2, 0) is 47.4 Å². The summed E-state index contributed by atoms with van der Waals surface area (Å²) in [6.07, 6.45) is -23.6. The molecule has 0 heterocycles. The third kappa shape index (κ3) is 16.2. The van der Waals surface area contributed by atoms with E-state index in [9.17, 15) is 106 Å². The lowest BCUT2D eigenvalue weighted by Crippen LogP contribution is -2.79. The van der Waals surface area contributed by atoms with Crippen molar-refractivity contribution < 1.29 is 153 Å². The van der Waals surface area contributed by atoms with E-state index in [-0.39, 0.29) is 52.9 Å². The van der Waals surface area contributed by atoms with Gasteiger partial charge in [0.25, 0.3) is 0 Å². The Morgan fingerprint density at radius 2 is 0.507 bits per heavy atom. The summed E-state index contributed by atoms with van der Waals surface area (Å²) in [5.41, 5.74) is -9.08. The van der Waals surface area contributed by atoms with Crippen molar-refractivity contribution in [3.8, 4) is 0 Å². The molecule has 1 atom stereocenters. The lowest BCUT2D eigenvalue weighted by atomic mass is 9.82. The number of hydrogen-bond acceptors (Lipinski definition) is 11. The van der Waals surface area contributed by atoms with E-state index in [0.29, 0.717) is 52.9 Å². The summed E-state index contributed by atoms with van der Waals surface area (Å²) >= 11 is 0. The maximum absolute atomic E-state index is 14.2. The summed E-state index contributed by atoms with van der Waals surface area (Å²) < 4.78 is 364. The molecule has 67 heavy (non-hydrogen) atoms. The Morgan fingerprint density at radius 3 is 0.746 bits per heavy atom. The highest BCUT2D eigenvalue weighted by atomic mass is 19.4. The van der Waals surface area contributed by atoms with Gasteiger partial charge in [0.2, 0.25) is 0 Å². The van der Waals surface area contributed by atoms with Gasteiger partial charge < -0.3 is 52.5 Å². The van der Waals surface area contributed by atoms with E-state index in [1.54, 1.807) is 7.11 Å². The zero-order valence-electron chi connectivity index (χ0n) is 34.4. The van der Waals surface area contributed by atoms with Gasteiger partial charge in [-0.3, -0.25) is 0 Å². The number of aliphatic hydroxyl groups is 1. The molecule has 0 saturated heterocycles. The van der Waals surface area contributed by atoms with Gasteiger partial charge in [-0.15, -0.1) is 0 Å². The number of aliphatic hydroxyl groups excluding tert-OH is 1. The molecule has 0 rings (SSSR count). The summed E-state index contributed by atoms with van der Waals surface area (Å²) in [6, 6.07) is 0. The van der Waals surface area contributed by atoms with Crippen LogP contribution in [0.3, 0.4) is 0 Å². The van der Waals surface area contributed by atoms with Gasteiger partial charge in [-0.2, -0.15) is 96.6 Å². The highest BCUT2D eigenvalue weighted by molar-refractivity contribution is 5.20. The number of hydrogen-bond donors (Lipinski definition) is 1. The number of alkyl halides is 23. The number of halogens is 23. The van der Waals surface area contributed by atoms with Crippen LogP contribution in [-0.4, -0.2) is 209 Å². The van der Waals surface area contributed by atoms with E-state index in [4.69, 9.17) is 42.6 Å². The van der Waals surface area contributed by atoms with E-state index in [1.807, 2.05) is 0 Å². The van der Waals surface area contributed by atoms with Crippen molar-refractivity contribution in [1.82, 2.24) is 0 Å². The van der Waals surface area contributed by atoms with Gasteiger partial charge in [0.05, 0.1) is 132 Å². The molecule has 0 radical (unpaired) electrons. The molecule has 0 aliphatic carbocycles. The maximum atomic E-state index is 14.2. The number of rotatable bonds is 39. The topological polar surface area (TPSA) is 113 Å². The van der Waals surface area contributed by atoms with E-state index in [2.05, 4.69) is 4.74 Å². The molecule has 1 N–H and O–H groups in total. The Hall–Kier alpha value is -2.05. The van der Waals surface area contributed by atoms with E-state index >= 15 is 0 Å². The lowest BCUT2D eigenvalue weighted by Gasteiger charge is -2.46. The molecule has 0 aliphatic heterocycles. The molecule has 0 saturated carbocycles. The molecule has 0 aromatic heterocycles. The van der Waals surface area contributed by atoms with E-state index in [1.165, 1.54) is 0 Å². The van der Waals surface area contributed by atoms with Crippen LogP contribution in [0.1, 0.15) is 6.42 Å². The predicted molar refractivity (Wildman–Crippen MR) is 175 cm³/mol. The van der Waals surface area contributed by atoms with Crippen molar-refractivity contribution in [3.05, 3.63) is 0 Å². The van der Waals surface area contributed by atoms with Crippen molar-refractivity contribution >= 4 is 0 Å². The smallest absolute Gasteiger partial charge is 0.390 e. The monoisotopic (exact) mass is 1050 g/mol. The highest BCUT2D eigenvalue weighted by Gasteiger charge is 3.00. The molecule has 0 amide bonds. The lowest BCUT2D eigenvalue weighted by molar-refractivity contribution is -0.481. The first-order chi connectivity index (χ1) is 30.5. The van der Waals surface area contributed by atoms with Gasteiger partial charge in [0, 0.05) is 13.5 Å². The molecule has 0 bridgehead atoms. The molecule has 34 heteroatoms. The SMILES string of the molecule is COCCOCCOCCOCCOCCOCCOCCOCCOCCOCC(O)CC(F)(F)C(F)(F)C(F)(F)C(F)(F)C(F)(F)C(F)(F)C(F)(F)C(F)(F)C(F)(C(F)(F)F)C(F)(F)F. The second-order valence-electron chi connectivity index (χ2n) is 13.2. The Bertz CT molecular complexity index is 1340. The van der Waals surface area contributed by atoms with Crippen LogP contribution in [0.5, 0.6) is 0 Å². The summed E-state index contributed by atoms with van der Waals surface area (Å²) in [4.78, 5) is 0. The van der Waals surface area contributed by atoms with Gasteiger partial charge in [0.1, 0.15) is 0 Å². The maximum Gasteiger partial charge on any atom is 0.438 e. The number of methoxy groups -OCH3 is 1. The minimum Gasteiger partial charge on any atom is -0.390 e. The summed E-state index contributed by atoms with van der Waals surface area (Å²) in [6.45, 7) is 0.940. The molecule has 0 spiro atoms. The van der Waals surface area contributed by atoms with Crippen molar-refractivity contribution in [2.45, 2.75) is 77.9 Å². The Morgan fingerprint density at radius 1 is 0.299 bits per heavy atom. The quantitative estimate of drug-likeness (QED) is 0.0490. The van der Waals surface area contributed by atoms with E-state index in [0.717, 1.165) is 0 Å². The van der Waals surface area contributed by atoms with Gasteiger partial charge in [-0.05, 0) is 0 Å². The van der Waals surface area contributed by atoms with Gasteiger partial charge in [-0.25, -0.2) is 4.39 Å². The minimum absolute atomic E-state index is 0.0262. The first-order valence-corrected chi connectivity index (χ1v) is 18.7. The molecule has 0 aliphatic rings. The first kappa shape index (κ1) is 65.0. The van der Waals surface area contributed by atoms with Crippen LogP contribution in [0.25, 0.3) is 0 Å². The van der Waals surface area contributed by atoms with Crippen LogP contribution < -0.4 is 0 Å². The van der Waals surface area contributed by atoms with E-state index < -0.39 is 97.7 Å². The average Bonchev–Trinajstić information content (AvgIpc) is 3.19. The van der Waals surface area contributed by atoms with Crippen LogP contribution in [0, 0.1) is 0 Å². The van der Waals surface area contributed by atoms with Crippen molar-refractivity contribution in [2.75, 3.05) is 133 Å². The zero-order chi connectivity index (χ0) is 52.3. The molecule has 0 aromatic carbocycles. The molecular weight excluding hydrogens is 1010 g/mol. The Balaban J connectivity index is 4.73. The van der Waals surface area contributed by atoms with Crippen LogP contribution in [0.2, 0.25) is 0 Å². The third-order valence-corrected chi connectivity index (χ3v) is 8.25. The van der Waals surface area contributed by atoms with Crippen LogP contribution in [0.15, 0.2) is 0 Å². The minimum atomic E-state index is -9.55. The predicted octanol–water partition coefficient (Wildman–Crippen LogP) is 7.45. The molecule has 11 nitrogen and oxygen atoms in total. The number of ether oxygens (including phenoxy) is 10. The van der Waals surface area contributed by atoms with Gasteiger partial charge in [0.15, 0.2) is 0 Å². The fraction of sp³-hybridized carbons (Fsp3) is 1.00. The first-order valence-electron chi connectivity index (χ1n) is 18.7. The van der Waals surface area contributed by atoms with Crippen molar-refractivity contribution in [1.29, 1.82) is 0 Å². The third-order valence-electron chi connectivity index (χ3n) is 8.25. The fourth-order valence-corrected chi connectivity index (χ4v) is 4.55. The molecule has 1 unspecified atom stereocenters. The summed E-state index contributed by atoms with van der Waals surface area (Å²) in [7, 11) is 1.56. The van der Waals surface area contributed by atoms with Crippen LogP contribution in [0.4, 0.5) is 101 Å². The molecular formula is C33H45F23O11. The van der Waals surface area contributed by atoms with Gasteiger partial charge in [-0.1, -0.05) is 0 Å². The standard InChI is InChI=1S/C33H45F23O11/c1-58-2-3-59-4-5-60-6-7-61-8-9-62-10-11-63-12-13-64-14-15-65-16-17-66-18-19-67-21-22(57)20-23(34,35)25(37,38)27(41,42)29(45,46)31(49,50)30(47,48)28(43,44)26(39,40)24(36,32(51,52)53)33(54,55)56/h22,57H,2-21H2,1H3. The second-order valence-corrected chi connectivity index (χ2v) is 13.2. The molecule has 0 aromatic rings. The Labute approximate surface area is 364 Å². The molecule has 404 valence electrons. The molecule has 0 fully saturated rings. The fourth-order valence-electron chi connectivity index (χ4n) is 4.55.